The number of nitrogens with zero attached hydrogens (tertiary/aromatic N) is 4. The molecule has 240 valence electrons. The second-order valence-electron chi connectivity index (χ2n) is 14.5. The zero-order valence-corrected chi connectivity index (χ0v) is 28.2. The van der Waals surface area contributed by atoms with Gasteiger partial charge in [0, 0.05) is 16.7 Å². The van der Waals surface area contributed by atoms with Gasteiger partial charge < -0.3 is 0 Å². The third-order valence-electron chi connectivity index (χ3n) is 10.7. The maximum absolute atomic E-state index is 9.43. The van der Waals surface area contributed by atoms with Crippen LogP contribution >= 0.6 is 0 Å². The quantitative estimate of drug-likeness (QED) is 0.182. The molecule has 0 spiro atoms. The van der Waals surface area contributed by atoms with Gasteiger partial charge in [0.2, 0.25) is 0 Å². The number of hydrogen-bond acceptors (Lipinski definition) is 4. The van der Waals surface area contributed by atoms with Crippen LogP contribution in [-0.2, 0) is 5.41 Å². The maximum atomic E-state index is 9.43. The summed E-state index contributed by atoms with van der Waals surface area (Å²) in [4.78, 5) is 15.2. The van der Waals surface area contributed by atoms with Gasteiger partial charge in [0.05, 0.1) is 11.6 Å². The van der Waals surface area contributed by atoms with Crippen molar-refractivity contribution < 1.29 is 0 Å². The molecule has 4 heteroatoms. The average molecular weight is 637 g/mol. The zero-order valence-electron chi connectivity index (χ0n) is 28.2. The van der Waals surface area contributed by atoms with E-state index in [2.05, 4.69) is 98.8 Å². The van der Waals surface area contributed by atoms with E-state index in [1.807, 2.05) is 48.5 Å². The van der Waals surface area contributed by atoms with E-state index in [0.29, 0.717) is 23.0 Å². The molecule has 2 bridgehead atoms. The van der Waals surface area contributed by atoms with Gasteiger partial charge >= 0.3 is 0 Å². The summed E-state index contributed by atoms with van der Waals surface area (Å²) in [5.74, 6) is 4.34. The lowest BCUT2D eigenvalue weighted by atomic mass is 9.54. The fraction of sp³-hybridized carbons (Fsp3) is 0.244. The smallest absolute Gasteiger partial charge is 0.164 e. The molecular weight excluding hydrogens is 597 g/mol. The normalized spacial score (nSPS) is 21.5. The first-order valence-electron chi connectivity index (χ1n) is 17.6. The Morgan fingerprint density at radius 1 is 0.531 bits per heavy atom. The highest BCUT2D eigenvalue weighted by Gasteiger charge is 2.45. The van der Waals surface area contributed by atoms with E-state index in [-0.39, 0.29) is 5.41 Å². The van der Waals surface area contributed by atoms with Crippen LogP contribution in [-0.4, -0.2) is 15.0 Å². The van der Waals surface area contributed by atoms with Crippen molar-refractivity contribution in [1.29, 1.82) is 5.26 Å². The van der Waals surface area contributed by atoms with E-state index >= 15 is 0 Å². The van der Waals surface area contributed by atoms with Crippen molar-refractivity contribution in [3.8, 4) is 62.5 Å². The number of benzene rings is 5. The Balaban J connectivity index is 1.23. The minimum Gasteiger partial charge on any atom is -0.208 e. The third kappa shape index (κ3) is 6.18. The van der Waals surface area contributed by atoms with Gasteiger partial charge in [-0.05, 0) is 101 Å². The second-order valence-corrected chi connectivity index (χ2v) is 14.5. The average Bonchev–Trinajstić information content (AvgIpc) is 3.14. The van der Waals surface area contributed by atoms with Gasteiger partial charge in [0.1, 0.15) is 0 Å². The molecule has 1 unspecified atom stereocenters. The van der Waals surface area contributed by atoms with Gasteiger partial charge in [-0.2, -0.15) is 5.26 Å². The zero-order chi connectivity index (χ0) is 33.4. The molecular formula is C45H40N4. The van der Waals surface area contributed by atoms with Crippen LogP contribution in [0.5, 0.6) is 0 Å². The van der Waals surface area contributed by atoms with Crippen molar-refractivity contribution in [3.63, 3.8) is 0 Å². The van der Waals surface area contributed by atoms with E-state index in [0.717, 1.165) is 56.7 Å². The van der Waals surface area contributed by atoms with Crippen molar-refractivity contribution in [2.45, 2.75) is 51.4 Å². The largest absolute Gasteiger partial charge is 0.208 e. The topological polar surface area (TPSA) is 62.5 Å². The highest BCUT2D eigenvalue weighted by atomic mass is 15.0. The van der Waals surface area contributed by atoms with Crippen molar-refractivity contribution in [2.24, 2.45) is 17.8 Å². The molecule has 1 aromatic heterocycles. The van der Waals surface area contributed by atoms with Gasteiger partial charge in [-0.15, -0.1) is 0 Å². The van der Waals surface area contributed by atoms with Crippen molar-refractivity contribution >= 4 is 0 Å². The predicted molar refractivity (Wildman–Crippen MR) is 198 cm³/mol. The Hall–Kier alpha value is -5.40. The molecule has 4 atom stereocenters. The van der Waals surface area contributed by atoms with Crippen LogP contribution in [0.2, 0.25) is 0 Å². The fourth-order valence-corrected chi connectivity index (χ4v) is 8.90. The first kappa shape index (κ1) is 30.9. The molecule has 6 aromatic rings. The van der Waals surface area contributed by atoms with Crippen LogP contribution in [0.3, 0.4) is 0 Å². The Morgan fingerprint density at radius 2 is 1.02 bits per heavy atom. The molecule has 2 fully saturated rings. The van der Waals surface area contributed by atoms with Gasteiger partial charge in [-0.3, -0.25) is 0 Å². The lowest BCUT2D eigenvalue weighted by molar-refractivity contribution is 0.0780. The molecule has 0 aliphatic heterocycles. The molecule has 2 aliphatic carbocycles. The molecule has 0 amide bonds. The summed E-state index contributed by atoms with van der Waals surface area (Å²) in [5.41, 5.74) is 9.57. The third-order valence-corrected chi connectivity index (χ3v) is 10.7. The summed E-state index contributed by atoms with van der Waals surface area (Å²) in [6.45, 7) is 4.89. The highest BCUT2D eigenvalue weighted by Crippen LogP contribution is 2.54. The Kier molecular flexibility index (Phi) is 8.14. The molecule has 0 saturated heterocycles. The summed E-state index contributed by atoms with van der Waals surface area (Å²) in [5, 5.41) is 9.43. The number of fused-ring (bicyclic) bond motifs is 2. The summed E-state index contributed by atoms with van der Waals surface area (Å²) in [6.07, 6.45) is 6.62. The number of aromatic nitrogens is 3. The van der Waals surface area contributed by atoms with Crippen LogP contribution in [0.4, 0.5) is 0 Å². The molecule has 0 radical (unpaired) electrons. The molecule has 0 N–H and O–H groups in total. The molecule has 49 heavy (non-hydrogen) atoms. The van der Waals surface area contributed by atoms with Crippen molar-refractivity contribution in [1.82, 2.24) is 15.0 Å². The van der Waals surface area contributed by atoms with Crippen LogP contribution in [0.15, 0.2) is 127 Å². The summed E-state index contributed by atoms with van der Waals surface area (Å²) >= 11 is 0. The van der Waals surface area contributed by atoms with Crippen molar-refractivity contribution in [3.05, 3.63) is 139 Å². The lowest BCUT2D eigenvalue weighted by Gasteiger charge is -2.50. The lowest BCUT2D eigenvalue weighted by Crippen LogP contribution is -2.42. The minimum absolute atomic E-state index is 0.278. The Morgan fingerprint density at radius 3 is 1.61 bits per heavy atom. The predicted octanol–water partition coefficient (Wildman–Crippen LogP) is 11.2. The van der Waals surface area contributed by atoms with E-state index in [4.69, 9.17) is 15.0 Å². The first-order chi connectivity index (χ1) is 24.0. The summed E-state index contributed by atoms with van der Waals surface area (Å²) in [6, 6.07) is 46.2. The second kappa shape index (κ2) is 12.9. The van der Waals surface area contributed by atoms with Gasteiger partial charge in [0.15, 0.2) is 17.5 Å². The standard InChI is InChI=1S/C45H40N4/c1-30-23-33-24-31(2)27-45(26-30,28-33)39-20-17-37(18-21-39)43-47-42(36-11-7-4-8-12-36)48-44(49-43)38-19-22-40(34-9-5-3-6-10-34)41(25-38)35-15-13-32(29-46)14-16-35/h3-22,25,30-31,33H,23-24,26-28H2,1-2H3/t30-,31+,33-,45?. The molecule has 2 aliphatic rings. The SMILES string of the molecule is C[C@@H]1C[C@@H]2C[C@H](C)CC(c3ccc(-c4nc(-c5ccccc5)nc(-c5ccc(-c6ccccc6)c(-c6ccc(C#N)cc6)c5)n4)cc3)(C1)C2. The van der Waals surface area contributed by atoms with E-state index in [1.165, 1.54) is 37.7 Å². The van der Waals surface area contributed by atoms with Crippen LogP contribution in [0, 0.1) is 29.1 Å². The van der Waals surface area contributed by atoms with E-state index < -0.39 is 0 Å². The van der Waals surface area contributed by atoms with Gasteiger partial charge in [-0.1, -0.05) is 123 Å². The highest BCUT2D eigenvalue weighted by molar-refractivity contribution is 5.86. The molecule has 4 nitrogen and oxygen atoms in total. The fourth-order valence-electron chi connectivity index (χ4n) is 8.90. The van der Waals surface area contributed by atoms with Gasteiger partial charge in [0.25, 0.3) is 0 Å². The minimum atomic E-state index is 0.278. The number of rotatable bonds is 6. The van der Waals surface area contributed by atoms with E-state index in [9.17, 15) is 5.26 Å². The van der Waals surface area contributed by atoms with Crippen LogP contribution < -0.4 is 0 Å². The Labute approximate surface area is 289 Å². The molecule has 5 aromatic carbocycles. The van der Waals surface area contributed by atoms with Crippen molar-refractivity contribution in [2.75, 3.05) is 0 Å². The number of nitriles is 1. The van der Waals surface area contributed by atoms with Crippen LogP contribution in [0.1, 0.15) is 57.1 Å². The molecule has 8 rings (SSSR count). The molecule has 2 saturated carbocycles. The van der Waals surface area contributed by atoms with Gasteiger partial charge in [-0.25, -0.2) is 15.0 Å². The summed E-state index contributed by atoms with van der Waals surface area (Å²) < 4.78 is 0. The summed E-state index contributed by atoms with van der Waals surface area (Å²) in [7, 11) is 0. The van der Waals surface area contributed by atoms with E-state index in [1.54, 1.807) is 0 Å². The van der Waals surface area contributed by atoms with Crippen LogP contribution in [0.25, 0.3) is 56.4 Å². The number of hydrogen-bond donors (Lipinski definition) is 0. The first-order valence-corrected chi connectivity index (χ1v) is 17.6. The Bertz CT molecular complexity index is 2110. The maximum Gasteiger partial charge on any atom is 0.164 e. The molecule has 1 heterocycles. The monoisotopic (exact) mass is 636 g/mol.